The lowest BCUT2D eigenvalue weighted by atomic mass is 10.1. The van der Waals surface area contributed by atoms with Crippen molar-refractivity contribution in [1.82, 2.24) is 0 Å². The van der Waals surface area contributed by atoms with Crippen molar-refractivity contribution in [3.63, 3.8) is 0 Å². The third-order valence-electron chi connectivity index (χ3n) is 2.70. The number of carboxylic acid groups (broad SMARTS) is 1. The lowest BCUT2D eigenvalue weighted by Gasteiger charge is -2.17. The van der Waals surface area contributed by atoms with Crippen LogP contribution in [-0.2, 0) is 14.3 Å². The van der Waals surface area contributed by atoms with E-state index in [1.54, 1.807) is 30.3 Å². The highest BCUT2D eigenvalue weighted by atomic mass is 16.5. The minimum absolute atomic E-state index is 0.157. The van der Waals surface area contributed by atoms with Crippen LogP contribution in [0, 0.1) is 0 Å². The largest absolute Gasteiger partial charge is 0.486 e. The molecule has 8 heteroatoms. The smallest absolute Gasteiger partial charge is 0.375 e. The Balaban J connectivity index is 3.11. The lowest BCUT2D eigenvalue weighted by molar-refractivity contribution is -0.137. The number of hydrogen-bond acceptors (Lipinski definition) is 7. The summed E-state index contributed by atoms with van der Waals surface area (Å²) in [5.41, 5.74) is 0.383. The monoisotopic (exact) mass is 328 g/mol. The number of ether oxygens (including phenoxy) is 2. The van der Waals surface area contributed by atoms with E-state index >= 15 is 0 Å². The summed E-state index contributed by atoms with van der Waals surface area (Å²) in [7, 11) is 0. The molecule has 0 radical (unpaired) electrons. The molecule has 0 saturated heterocycles. The molecule has 1 aromatic rings. The second kappa shape index (κ2) is 9.80. The van der Waals surface area contributed by atoms with Crippen molar-refractivity contribution >= 4 is 11.7 Å². The highest BCUT2D eigenvalue weighted by Gasteiger charge is 2.22. The summed E-state index contributed by atoms with van der Waals surface area (Å²) in [5, 5.41) is 45.5. The molecule has 8 nitrogen and oxygen atoms in total. The molecule has 0 aliphatic carbocycles. The molecule has 0 bridgehead atoms. The van der Waals surface area contributed by atoms with Gasteiger partial charge in [-0.05, 0) is 0 Å². The van der Waals surface area contributed by atoms with Crippen molar-refractivity contribution < 1.29 is 39.8 Å². The quantitative estimate of drug-likeness (QED) is 0.277. The minimum atomic E-state index is -1.44. The normalized spacial score (nSPS) is 14.6. The fourth-order valence-corrected chi connectivity index (χ4v) is 1.56. The molecule has 23 heavy (non-hydrogen) atoms. The zero-order chi connectivity index (χ0) is 17.2. The third-order valence-corrected chi connectivity index (χ3v) is 2.70. The van der Waals surface area contributed by atoms with Crippen molar-refractivity contribution in [2.75, 3.05) is 26.4 Å². The Morgan fingerprint density at radius 1 is 0.957 bits per heavy atom. The van der Waals surface area contributed by atoms with E-state index in [2.05, 4.69) is 0 Å². The molecule has 0 aliphatic rings. The second-order valence-corrected chi connectivity index (χ2v) is 4.62. The molecule has 1 rings (SSSR count). The van der Waals surface area contributed by atoms with Gasteiger partial charge in [0.2, 0.25) is 5.76 Å². The zero-order valence-corrected chi connectivity index (χ0v) is 12.3. The SMILES string of the molecule is O=C(O)C(OCC(O)CO)=C(OCC(O)CO)c1ccccc1. The Morgan fingerprint density at radius 2 is 1.48 bits per heavy atom. The van der Waals surface area contributed by atoms with E-state index in [0.29, 0.717) is 5.56 Å². The predicted molar refractivity (Wildman–Crippen MR) is 79.1 cm³/mol. The minimum Gasteiger partial charge on any atom is -0.486 e. The molecule has 1 aromatic carbocycles. The van der Waals surface area contributed by atoms with Crippen molar-refractivity contribution in [3.8, 4) is 0 Å². The van der Waals surface area contributed by atoms with Crippen LogP contribution < -0.4 is 0 Å². The van der Waals surface area contributed by atoms with Crippen LogP contribution in [0.15, 0.2) is 36.1 Å². The standard InChI is InChI=1S/C15H20O8/c16-6-11(18)8-22-13(10-4-2-1-3-5-10)14(15(20)21)23-9-12(19)7-17/h1-5,11-12,16-19H,6-9H2,(H,20,21). The van der Waals surface area contributed by atoms with Crippen LogP contribution in [0.2, 0.25) is 0 Å². The van der Waals surface area contributed by atoms with Gasteiger partial charge in [0.25, 0.3) is 0 Å². The van der Waals surface area contributed by atoms with Gasteiger partial charge in [-0.25, -0.2) is 4.79 Å². The van der Waals surface area contributed by atoms with Gasteiger partial charge in [-0.15, -0.1) is 0 Å². The highest BCUT2D eigenvalue weighted by Crippen LogP contribution is 2.22. The van der Waals surface area contributed by atoms with E-state index in [1.165, 1.54) is 0 Å². The van der Waals surface area contributed by atoms with Gasteiger partial charge >= 0.3 is 5.97 Å². The first-order chi connectivity index (χ1) is 11.0. The van der Waals surface area contributed by atoms with Gasteiger partial charge < -0.3 is 35.0 Å². The molecule has 2 atom stereocenters. The number of carbonyl (C=O) groups is 1. The molecule has 0 aromatic heterocycles. The molecule has 5 N–H and O–H groups in total. The Morgan fingerprint density at radius 3 is 1.96 bits per heavy atom. The van der Waals surface area contributed by atoms with Crippen LogP contribution >= 0.6 is 0 Å². The van der Waals surface area contributed by atoms with Crippen LogP contribution in [-0.4, -0.2) is 70.1 Å². The molecular weight excluding hydrogens is 308 g/mol. The average molecular weight is 328 g/mol. The number of aliphatic carboxylic acids is 1. The van der Waals surface area contributed by atoms with Gasteiger partial charge in [-0.1, -0.05) is 30.3 Å². The van der Waals surface area contributed by atoms with Crippen LogP contribution in [0.3, 0.4) is 0 Å². The zero-order valence-electron chi connectivity index (χ0n) is 12.3. The molecule has 0 saturated carbocycles. The number of aliphatic hydroxyl groups excluding tert-OH is 4. The first-order valence-corrected chi connectivity index (χ1v) is 6.86. The van der Waals surface area contributed by atoms with Crippen LogP contribution in [0.1, 0.15) is 5.56 Å². The predicted octanol–water partition coefficient (Wildman–Crippen LogP) is -0.821. The number of aliphatic hydroxyl groups is 4. The Bertz CT molecular complexity index is 513. The summed E-state index contributed by atoms with van der Waals surface area (Å²) in [6.07, 6.45) is -2.43. The van der Waals surface area contributed by atoms with E-state index < -0.39 is 43.8 Å². The van der Waals surface area contributed by atoms with Crippen molar-refractivity contribution in [1.29, 1.82) is 0 Å². The third kappa shape index (κ3) is 6.25. The van der Waals surface area contributed by atoms with Gasteiger partial charge in [0.05, 0.1) is 13.2 Å². The number of carboxylic acids is 1. The Labute approximate surface area is 132 Å². The maximum Gasteiger partial charge on any atom is 0.375 e. The van der Waals surface area contributed by atoms with Gasteiger partial charge in [0, 0.05) is 5.56 Å². The summed E-state index contributed by atoms with van der Waals surface area (Å²) in [6.45, 7) is -1.92. The summed E-state index contributed by atoms with van der Waals surface area (Å²) in [4.78, 5) is 11.4. The second-order valence-electron chi connectivity index (χ2n) is 4.62. The highest BCUT2D eigenvalue weighted by molar-refractivity contribution is 5.92. The molecule has 0 spiro atoms. The maximum atomic E-state index is 11.4. The average Bonchev–Trinajstić information content (AvgIpc) is 2.57. The van der Waals surface area contributed by atoms with Crippen molar-refractivity contribution in [3.05, 3.63) is 41.7 Å². The molecule has 0 aliphatic heterocycles. The molecule has 0 fully saturated rings. The molecule has 128 valence electrons. The lowest BCUT2D eigenvalue weighted by Crippen LogP contribution is -2.23. The first-order valence-electron chi connectivity index (χ1n) is 6.86. The topological polar surface area (TPSA) is 137 Å². The van der Waals surface area contributed by atoms with Crippen molar-refractivity contribution in [2.45, 2.75) is 12.2 Å². The van der Waals surface area contributed by atoms with Gasteiger partial charge in [0.1, 0.15) is 25.4 Å². The number of hydrogen-bond donors (Lipinski definition) is 5. The van der Waals surface area contributed by atoms with E-state index in [-0.39, 0.29) is 12.4 Å². The van der Waals surface area contributed by atoms with E-state index in [9.17, 15) is 20.1 Å². The van der Waals surface area contributed by atoms with Crippen LogP contribution in [0.4, 0.5) is 0 Å². The van der Waals surface area contributed by atoms with Gasteiger partial charge in [0.15, 0.2) is 5.76 Å². The summed E-state index contributed by atoms with van der Waals surface area (Å²) < 4.78 is 10.3. The van der Waals surface area contributed by atoms with E-state index in [0.717, 1.165) is 0 Å². The van der Waals surface area contributed by atoms with Gasteiger partial charge in [-0.3, -0.25) is 0 Å². The maximum absolute atomic E-state index is 11.4. The molecular formula is C15H20O8. The number of benzene rings is 1. The van der Waals surface area contributed by atoms with Crippen molar-refractivity contribution in [2.24, 2.45) is 0 Å². The summed E-state index contributed by atoms with van der Waals surface area (Å²) in [6, 6.07) is 8.19. The fraction of sp³-hybridized carbons (Fsp3) is 0.400. The summed E-state index contributed by atoms with van der Waals surface area (Å²) >= 11 is 0. The Hall–Kier alpha value is -2.13. The Kier molecular flexibility index (Phi) is 8.06. The fourth-order valence-electron chi connectivity index (χ4n) is 1.56. The number of rotatable bonds is 10. The van der Waals surface area contributed by atoms with E-state index in [4.69, 9.17) is 19.7 Å². The van der Waals surface area contributed by atoms with Crippen LogP contribution in [0.25, 0.3) is 5.76 Å². The molecule has 0 heterocycles. The molecule has 2 unspecified atom stereocenters. The van der Waals surface area contributed by atoms with E-state index in [1.807, 2.05) is 0 Å². The molecule has 0 amide bonds. The van der Waals surface area contributed by atoms with Crippen LogP contribution in [0.5, 0.6) is 0 Å². The summed E-state index contributed by atoms with van der Waals surface area (Å²) in [5.74, 6) is -2.17. The first kappa shape index (κ1) is 18.9. The van der Waals surface area contributed by atoms with Gasteiger partial charge in [-0.2, -0.15) is 0 Å².